The molecule has 44 heavy (non-hydrogen) atoms. The summed E-state index contributed by atoms with van der Waals surface area (Å²) in [6, 6.07) is 0. The quantitative estimate of drug-likeness (QED) is 0.0305. The van der Waals surface area contributed by atoms with Crippen LogP contribution in [0.25, 0.3) is 0 Å². The van der Waals surface area contributed by atoms with Crippen molar-refractivity contribution in [3.8, 4) is 0 Å². The van der Waals surface area contributed by atoms with Gasteiger partial charge in [-0.2, -0.15) is 0 Å². The molecule has 0 aromatic heterocycles. The van der Waals surface area contributed by atoms with E-state index in [1.165, 1.54) is 4.90 Å². The number of rotatable bonds is 32. The van der Waals surface area contributed by atoms with Crippen molar-refractivity contribution in [2.45, 2.75) is 49.5 Å². The molecule has 0 saturated carbocycles. The molecule has 0 radical (unpaired) electrons. The van der Waals surface area contributed by atoms with Crippen molar-refractivity contribution in [3.63, 3.8) is 0 Å². The van der Waals surface area contributed by atoms with Gasteiger partial charge in [0.25, 0.3) is 0 Å². The second kappa shape index (κ2) is 33.7. The number of nitrogens with two attached hydrogens (primary N) is 1. The Morgan fingerprint density at radius 3 is 1.07 bits per heavy atom. The predicted molar refractivity (Wildman–Crippen MR) is 158 cm³/mol. The standard InChI is InChI=1S/C26H56N2O14.CH4O/c27-3-7-37-9-11-39-13-15-41-17-18-42-16-14-40-12-10-38-8-4-28(19-23(33)25(35)21(31)1-5-29)20-24(34)26(36)22(32)2-6-30;1-2/h21-26,29-36H,1-20,27H2;2H,1H3. The fraction of sp³-hybridized carbons (Fsp3) is 1.00. The summed E-state index contributed by atoms with van der Waals surface area (Å²) in [5.41, 5.74) is 5.32. The van der Waals surface area contributed by atoms with Crippen molar-refractivity contribution in [1.29, 1.82) is 0 Å². The number of aliphatic hydroxyl groups is 9. The SMILES string of the molecule is CO.NCCOCCOCCOCCOCCOCCOCCN(CC(O)C(O)C(O)CCO)CC(O)C(O)C(O)CCO. The molecule has 6 atom stereocenters. The van der Waals surface area contributed by atoms with Crippen LogP contribution in [0.2, 0.25) is 0 Å². The molecule has 0 aromatic carbocycles. The summed E-state index contributed by atoms with van der Waals surface area (Å²) in [7, 11) is 1.00. The maximum Gasteiger partial charge on any atom is 0.107 e. The Morgan fingerprint density at radius 2 is 0.773 bits per heavy atom. The average Bonchev–Trinajstić information content (AvgIpc) is 3.02. The number of ether oxygens (including phenoxy) is 6. The van der Waals surface area contributed by atoms with Crippen LogP contribution in [0.3, 0.4) is 0 Å². The molecule has 0 aliphatic carbocycles. The fourth-order valence-electron chi connectivity index (χ4n) is 3.60. The van der Waals surface area contributed by atoms with Gasteiger partial charge in [-0.15, -0.1) is 0 Å². The second-order valence-electron chi connectivity index (χ2n) is 9.50. The van der Waals surface area contributed by atoms with Gasteiger partial charge in [-0.05, 0) is 12.8 Å². The minimum Gasteiger partial charge on any atom is -0.400 e. The largest absolute Gasteiger partial charge is 0.400 e. The molecule has 0 aliphatic heterocycles. The molecule has 0 fully saturated rings. The Bertz CT molecular complexity index is 547. The zero-order valence-electron chi connectivity index (χ0n) is 26.1. The molecular weight excluding hydrogens is 592 g/mol. The van der Waals surface area contributed by atoms with Gasteiger partial charge in [0.2, 0.25) is 0 Å². The van der Waals surface area contributed by atoms with Crippen molar-refractivity contribution >= 4 is 0 Å². The van der Waals surface area contributed by atoms with Crippen LogP contribution in [-0.4, -0.2) is 213 Å². The molecule has 6 unspecified atom stereocenters. The monoisotopic (exact) mass is 652 g/mol. The van der Waals surface area contributed by atoms with Crippen molar-refractivity contribution in [2.24, 2.45) is 5.73 Å². The van der Waals surface area contributed by atoms with Gasteiger partial charge in [-0.25, -0.2) is 0 Å². The van der Waals surface area contributed by atoms with Gasteiger partial charge in [-0.1, -0.05) is 0 Å². The maximum atomic E-state index is 10.3. The van der Waals surface area contributed by atoms with Crippen LogP contribution < -0.4 is 5.73 Å². The molecular formula is C27H60N2O15. The number of hydrogen-bond acceptors (Lipinski definition) is 17. The third-order valence-electron chi connectivity index (χ3n) is 5.99. The first-order chi connectivity index (χ1) is 21.3. The highest BCUT2D eigenvalue weighted by Gasteiger charge is 2.30. The molecule has 0 heterocycles. The van der Waals surface area contributed by atoms with Crippen molar-refractivity contribution in [2.75, 3.05) is 126 Å². The second-order valence-corrected chi connectivity index (χ2v) is 9.50. The van der Waals surface area contributed by atoms with Gasteiger partial charge in [0, 0.05) is 46.5 Å². The molecule has 0 saturated heterocycles. The smallest absolute Gasteiger partial charge is 0.107 e. The minimum atomic E-state index is -1.55. The molecule has 17 heteroatoms. The minimum absolute atomic E-state index is 0.128. The Kier molecular flexibility index (Phi) is 34.8. The zero-order chi connectivity index (χ0) is 33.4. The number of aliphatic hydroxyl groups excluding tert-OH is 9. The van der Waals surface area contributed by atoms with Gasteiger partial charge in [0.1, 0.15) is 12.2 Å². The summed E-state index contributed by atoms with van der Waals surface area (Å²) in [5, 5.41) is 85.5. The third kappa shape index (κ3) is 26.5. The van der Waals surface area contributed by atoms with Crippen LogP contribution >= 0.6 is 0 Å². The summed E-state index contributed by atoms with van der Waals surface area (Å²) < 4.78 is 32.3. The van der Waals surface area contributed by atoms with E-state index in [0.717, 1.165) is 7.11 Å². The number of nitrogens with zero attached hydrogens (tertiary/aromatic N) is 1. The van der Waals surface area contributed by atoms with Gasteiger partial charge in [0.15, 0.2) is 0 Å². The Morgan fingerprint density at radius 1 is 0.477 bits per heavy atom. The topological polar surface area (TPSA) is 267 Å². The Balaban J connectivity index is 0. The van der Waals surface area contributed by atoms with Crippen molar-refractivity contribution in [3.05, 3.63) is 0 Å². The van der Waals surface area contributed by atoms with E-state index in [2.05, 4.69) is 0 Å². The van der Waals surface area contributed by atoms with Crippen LogP contribution in [0.15, 0.2) is 0 Å². The van der Waals surface area contributed by atoms with E-state index in [0.29, 0.717) is 72.6 Å². The lowest BCUT2D eigenvalue weighted by molar-refractivity contribution is -0.0945. The molecule has 17 nitrogen and oxygen atoms in total. The van der Waals surface area contributed by atoms with E-state index in [1.54, 1.807) is 0 Å². The summed E-state index contributed by atoms with van der Waals surface area (Å²) in [6.45, 7) is 4.31. The first-order valence-corrected chi connectivity index (χ1v) is 14.9. The lowest BCUT2D eigenvalue weighted by atomic mass is 10.0. The molecule has 0 aliphatic rings. The Hall–Kier alpha value is -0.680. The lowest BCUT2D eigenvalue weighted by Crippen LogP contribution is -2.50. The molecule has 0 rings (SSSR count). The van der Waals surface area contributed by atoms with Gasteiger partial charge < -0.3 is 80.1 Å². The van der Waals surface area contributed by atoms with Crippen molar-refractivity contribution < 1.29 is 74.4 Å². The molecule has 0 amide bonds. The molecule has 0 bridgehead atoms. The molecule has 268 valence electrons. The van der Waals surface area contributed by atoms with Gasteiger partial charge in [0.05, 0.1) is 104 Å². The van der Waals surface area contributed by atoms with Gasteiger partial charge >= 0.3 is 0 Å². The van der Waals surface area contributed by atoms with E-state index >= 15 is 0 Å². The van der Waals surface area contributed by atoms with E-state index in [4.69, 9.17) is 49.5 Å². The third-order valence-corrected chi connectivity index (χ3v) is 5.99. The van der Waals surface area contributed by atoms with E-state index in [9.17, 15) is 30.6 Å². The normalized spacial score (nSPS) is 15.8. The van der Waals surface area contributed by atoms with E-state index in [-0.39, 0.29) is 58.9 Å². The van der Waals surface area contributed by atoms with Crippen molar-refractivity contribution in [1.82, 2.24) is 4.90 Å². The molecule has 0 aromatic rings. The maximum absolute atomic E-state index is 10.3. The average molecular weight is 653 g/mol. The van der Waals surface area contributed by atoms with Crippen LogP contribution in [0.5, 0.6) is 0 Å². The van der Waals surface area contributed by atoms with Gasteiger partial charge in [-0.3, -0.25) is 4.90 Å². The fourth-order valence-corrected chi connectivity index (χ4v) is 3.60. The summed E-state index contributed by atoms with van der Waals surface area (Å²) >= 11 is 0. The summed E-state index contributed by atoms with van der Waals surface area (Å²) in [5.74, 6) is 0. The lowest BCUT2D eigenvalue weighted by Gasteiger charge is -2.32. The first kappa shape index (κ1) is 45.4. The van der Waals surface area contributed by atoms with Crippen LogP contribution in [0, 0.1) is 0 Å². The van der Waals surface area contributed by atoms with E-state index in [1.807, 2.05) is 0 Å². The Labute approximate surface area is 260 Å². The summed E-state index contributed by atoms with van der Waals surface area (Å²) in [4.78, 5) is 1.50. The summed E-state index contributed by atoms with van der Waals surface area (Å²) in [6.07, 6.45) is -8.90. The van der Waals surface area contributed by atoms with E-state index < -0.39 is 36.6 Å². The van der Waals surface area contributed by atoms with Crippen LogP contribution in [0.4, 0.5) is 0 Å². The zero-order valence-corrected chi connectivity index (χ0v) is 26.1. The van der Waals surface area contributed by atoms with Crippen LogP contribution in [0.1, 0.15) is 12.8 Å². The highest BCUT2D eigenvalue weighted by Crippen LogP contribution is 2.10. The molecule has 11 N–H and O–H groups in total. The molecule has 0 spiro atoms. The predicted octanol–water partition coefficient (Wildman–Crippen LogP) is -5.11. The number of hydrogen-bond donors (Lipinski definition) is 10. The highest BCUT2D eigenvalue weighted by molar-refractivity contribution is 4.82. The van der Waals surface area contributed by atoms with Crippen LogP contribution in [-0.2, 0) is 28.4 Å². The highest BCUT2D eigenvalue weighted by atomic mass is 16.6. The first-order valence-electron chi connectivity index (χ1n) is 14.9.